The number of alkyl halides is 2. The first-order valence-corrected chi connectivity index (χ1v) is 4.92. The van der Waals surface area contributed by atoms with Gasteiger partial charge in [-0.3, -0.25) is 14.9 Å². The number of ether oxygens (including phenoxy) is 2. The van der Waals surface area contributed by atoms with Gasteiger partial charge >= 0.3 is 6.29 Å². The van der Waals surface area contributed by atoms with Crippen molar-refractivity contribution in [3.63, 3.8) is 0 Å². The Morgan fingerprint density at radius 1 is 1.17 bits per heavy atom. The molecule has 0 radical (unpaired) electrons. The molecule has 3 rings (SSSR count). The van der Waals surface area contributed by atoms with Crippen LogP contribution >= 0.6 is 0 Å². The van der Waals surface area contributed by atoms with Crippen molar-refractivity contribution in [2.45, 2.75) is 6.29 Å². The van der Waals surface area contributed by atoms with E-state index in [4.69, 9.17) is 0 Å². The number of imide groups is 1. The van der Waals surface area contributed by atoms with Crippen LogP contribution in [0.15, 0.2) is 24.3 Å². The van der Waals surface area contributed by atoms with Crippen LogP contribution in [0.4, 0.5) is 8.78 Å². The lowest BCUT2D eigenvalue weighted by Gasteiger charge is -2.06. The first kappa shape index (κ1) is 10.7. The lowest BCUT2D eigenvalue weighted by Crippen LogP contribution is -2.26. The second-order valence-corrected chi connectivity index (χ2v) is 3.68. The topological polar surface area (TPSA) is 64.6 Å². The van der Waals surface area contributed by atoms with Gasteiger partial charge in [0.1, 0.15) is 0 Å². The zero-order valence-corrected chi connectivity index (χ0v) is 8.70. The minimum Gasteiger partial charge on any atom is -0.395 e. The molecule has 0 bridgehead atoms. The third-order valence-electron chi connectivity index (χ3n) is 2.48. The number of benzene rings is 1. The molecule has 0 unspecified atom stereocenters. The largest absolute Gasteiger partial charge is 0.586 e. The van der Waals surface area contributed by atoms with Gasteiger partial charge in [0.2, 0.25) is 0 Å². The van der Waals surface area contributed by atoms with Crippen LogP contribution in [0.1, 0.15) is 5.56 Å². The Labute approximate surface area is 99.0 Å². The van der Waals surface area contributed by atoms with E-state index in [0.29, 0.717) is 0 Å². The summed E-state index contributed by atoms with van der Waals surface area (Å²) in [6, 6.07) is 4.11. The molecule has 18 heavy (non-hydrogen) atoms. The Bertz CT molecular complexity index is 609. The smallest absolute Gasteiger partial charge is 0.395 e. The number of nitrogens with one attached hydrogen (secondary N) is 1. The summed E-state index contributed by atoms with van der Waals surface area (Å²) < 4.78 is 34.5. The highest BCUT2D eigenvalue weighted by molar-refractivity contribution is 6.34. The monoisotopic (exact) mass is 253 g/mol. The molecule has 1 aromatic rings. The van der Waals surface area contributed by atoms with Gasteiger partial charge in [0, 0.05) is 11.6 Å². The first-order valence-electron chi connectivity index (χ1n) is 4.92. The molecule has 1 N–H and O–H groups in total. The zero-order chi connectivity index (χ0) is 12.9. The molecular weight excluding hydrogens is 248 g/mol. The highest BCUT2D eigenvalue weighted by Crippen LogP contribution is 2.45. The fourth-order valence-corrected chi connectivity index (χ4v) is 1.79. The van der Waals surface area contributed by atoms with E-state index in [-0.39, 0.29) is 22.6 Å². The van der Waals surface area contributed by atoms with Crippen LogP contribution in [-0.2, 0) is 9.59 Å². The predicted octanol–water partition coefficient (Wildman–Crippen LogP) is 1.05. The maximum Gasteiger partial charge on any atom is 0.586 e. The van der Waals surface area contributed by atoms with Crippen molar-refractivity contribution in [1.82, 2.24) is 5.32 Å². The minimum atomic E-state index is -3.77. The highest BCUT2D eigenvalue weighted by Gasteiger charge is 2.45. The summed E-state index contributed by atoms with van der Waals surface area (Å²) in [6.45, 7) is 0. The SMILES string of the molecule is O=C1C=C(c2cccc3c2OC(F)(F)O3)C(=O)N1. The number of hydrogen-bond acceptors (Lipinski definition) is 4. The Balaban J connectivity index is 2.12. The van der Waals surface area contributed by atoms with E-state index in [1.807, 2.05) is 5.32 Å². The second kappa shape index (κ2) is 3.28. The van der Waals surface area contributed by atoms with Crippen LogP contribution in [0, 0.1) is 0 Å². The standard InChI is InChI=1S/C11H5F2NO4/c12-11(13)17-7-3-1-2-5(9(7)18-11)6-4-8(15)14-10(6)16/h1-4H,(H,14,15,16). The molecule has 0 aromatic heterocycles. The normalized spacial score (nSPS) is 19.8. The van der Waals surface area contributed by atoms with Crippen LogP contribution in [0.5, 0.6) is 11.5 Å². The number of amides is 2. The van der Waals surface area contributed by atoms with Crippen LogP contribution in [0.2, 0.25) is 0 Å². The van der Waals surface area contributed by atoms with Gasteiger partial charge in [0.15, 0.2) is 11.5 Å². The fourth-order valence-electron chi connectivity index (χ4n) is 1.79. The van der Waals surface area contributed by atoms with Gasteiger partial charge in [-0.1, -0.05) is 12.1 Å². The van der Waals surface area contributed by atoms with Crippen molar-refractivity contribution in [3.05, 3.63) is 29.8 Å². The summed E-state index contributed by atoms with van der Waals surface area (Å²) in [5.74, 6) is -1.69. The third kappa shape index (κ3) is 1.52. The summed E-state index contributed by atoms with van der Waals surface area (Å²) in [4.78, 5) is 22.5. The van der Waals surface area contributed by atoms with Crippen molar-refractivity contribution in [1.29, 1.82) is 0 Å². The molecule has 7 heteroatoms. The molecule has 5 nitrogen and oxygen atoms in total. The maximum absolute atomic E-state index is 12.9. The van der Waals surface area contributed by atoms with Crippen LogP contribution in [0.25, 0.3) is 5.57 Å². The number of rotatable bonds is 1. The first-order chi connectivity index (χ1) is 8.46. The van der Waals surface area contributed by atoms with E-state index >= 15 is 0 Å². The zero-order valence-electron chi connectivity index (χ0n) is 8.70. The van der Waals surface area contributed by atoms with Gasteiger partial charge < -0.3 is 9.47 Å². The summed E-state index contributed by atoms with van der Waals surface area (Å²) >= 11 is 0. The Kier molecular flexibility index (Phi) is 1.95. The van der Waals surface area contributed by atoms with E-state index in [1.165, 1.54) is 18.2 Å². The van der Waals surface area contributed by atoms with Gasteiger partial charge in [0.05, 0.1) is 5.57 Å². The Hall–Kier alpha value is -2.44. The predicted molar refractivity (Wildman–Crippen MR) is 53.8 cm³/mol. The van der Waals surface area contributed by atoms with E-state index in [1.54, 1.807) is 0 Å². The molecule has 0 spiro atoms. The summed E-state index contributed by atoms with van der Waals surface area (Å²) in [7, 11) is 0. The molecule has 2 heterocycles. The summed E-state index contributed by atoms with van der Waals surface area (Å²) in [5.41, 5.74) is 0.0613. The van der Waals surface area contributed by atoms with Crippen molar-refractivity contribution in [3.8, 4) is 11.5 Å². The van der Waals surface area contributed by atoms with Crippen molar-refractivity contribution in [2.75, 3.05) is 0 Å². The van der Waals surface area contributed by atoms with Crippen molar-refractivity contribution < 1.29 is 27.8 Å². The number of fused-ring (bicyclic) bond motifs is 1. The molecule has 0 saturated heterocycles. The molecule has 0 fully saturated rings. The summed E-state index contributed by atoms with van der Waals surface area (Å²) in [5, 5.41) is 2.02. The molecule has 1 aromatic carbocycles. The van der Waals surface area contributed by atoms with Gasteiger partial charge in [-0.05, 0) is 6.07 Å². The van der Waals surface area contributed by atoms with Crippen LogP contribution < -0.4 is 14.8 Å². The lowest BCUT2D eigenvalue weighted by atomic mass is 10.0. The number of para-hydroxylation sites is 1. The average Bonchev–Trinajstić information content (AvgIpc) is 2.75. The Morgan fingerprint density at radius 2 is 1.94 bits per heavy atom. The van der Waals surface area contributed by atoms with Crippen molar-refractivity contribution >= 4 is 17.4 Å². The van der Waals surface area contributed by atoms with Gasteiger partial charge in [-0.15, -0.1) is 8.78 Å². The number of carbonyl (C=O) groups is 2. The second-order valence-electron chi connectivity index (χ2n) is 3.68. The van der Waals surface area contributed by atoms with Gasteiger partial charge in [0.25, 0.3) is 11.8 Å². The van der Waals surface area contributed by atoms with Crippen LogP contribution in [-0.4, -0.2) is 18.1 Å². The number of carbonyl (C=O) groups excluding carboxylic acids is 2. The van der Waals surface area contributed by atoms with E-state index in [0.717, 1.165) is 6.08 Å². The molecule has 2 aliphatic heterocycles. The van der Waals surface area contributed by atoms with Crippen LogP contribution in [0.3, 0.4) is 0 Å². The minimum absolute atomic E-state index is 0.0295. The maximum atomic E-state index is 12.9. The quantitative estimate of drug-likeness (QED) is 0.760. The molecule has 0 atom stereocenters. The molecular formula is C11H5F2NO4. The average molecular weight is 253 g/mol. The number of hydrogen-bond donors (Lipinski definition) is 1. The van der Waals surface area contributed by atoms with Gasteiger partial charge in [-0.2, -0.15) is 0 Å². The van der Waals surface area contributed by atoms with E-state index in [9.17, 15) is 18.4 Å². The molecule has 0 saturated carbocycles. The number of halogens is 2. The highest BCUT2D eigenvalue weighted by atomic mass is 19.3. The third-order valence-corrected chi connectivity index (χ3v) is 2.48. The fraction of sp³-hybridized carbons (Fsp3) is 0.0909. The van der Waals surface area contributed by atoms with E-state index < -0.39 is 18.1 Å². The van der Waals surface area contributed by atoms with E-state index in [2.05, 4.69) is 9.47 Å². The molecule has 0 aliphatic carbocycles. The van der Waals surface area contributed by atoms with Crippen molar-refractivity contribution in [2.24, 2.45) is 0 Å². The lowest BCUT2D eigenvalue weighted by molar-refractivity contribution is -0.286. The molecule has 2 amide bonds. The Morgan fingerprint density at radius 3 is 2.61 bits per heavy atom. The molecule has 92 valence electrons. The molecule has 2 aliphatic rings. The summed E-state index contributed by atoms with van der Waals surface area (Å²) in [6.07, 6.45) is -2.74. The van der Waals surface area contributed by atoms with Gasteiger partial charge in [-0.25, -0.2) is 0 Å².